The summed E-state index contributed by atoms with van der Waals surface area (Å²) in [6.07, 6.45) is 1.90. The summed E-state index contributed by atoms with van der Waals surface area (Å²) in [5.41, 5.74) is 1.55. The van der Waals surface area contributed by atoms with Crippen LogP contribution in [0.25, 0.3) is 11.0 Å². The number of Topliss-reactive ketones (excluding diaryl/α,β-unsaturated/α-hetero) is 1. The number of amides is 4. The second-order valence-electron chi connectivity index (χ2n) is 7.28. The van der Waals surface area contributed by atoms with E-state index >= 15 is 0 Å². The van der Waals surface area contributed by atoms with Gasteiger partial charge in [-0.15, -0.1) is 0 Å². The molecule has 1 aliphatic heterocycles. The highest BCUT2D eigenvalue weighted by Gasteiger charge is 2.33. The Morgan fingerprint density at radius 1 is 1.24 bits per heavy atom. The van der Waals surface area contributed by atoms with E-state index < -0.39 is 35.7 Å². The van der Waals surface area contributed by atoms with Gasteiger partial charge in [0.15, 0.2) is 0 Å². The van der Waals surface area contributed by atoms with Crippen molar-refractivity contribution in [3.63, 3.8) is 0 Å². The molecule has 3 rings (SSSR count). The van der Waals surface area contributed by atoms with Gasteiger partial charge < -0.3 is 25.7 Å². The van der Waals surface area contributed by atoms with Crippen LogP contribution in [0.15, 0.2) is 34.9 Å². The zero-order valence-electron chi connectivity index (χ0n) is 16.3. The lowest BCUT2D eigenvalue weighted by Crippen LogP contribution is -2.58. The summed E-state index contributed by atoms with van der Waals surface area (Å²) in [6, 6.07) is 5.24. The second kappa shape index (κ2) is 8.76. The number of urea groups is 1. The SMILES string of the molecule is CC(C)C(NC(=O)NCc1coc2ccccc12)C(=O)NC1CCNC(=O)C1=O. The number of carbonyl (C=O) groups excluding carboxylic acids is 4. The summed E-state index contributed by atoms with van der Waals surface area (Å²) in [5.74, 6) is -2.11. The average molecular weight is 400 g/mol. The predicted octanol–water partition coefficient (Wildman–Crippen LogP) is 0.830. The maximum Gasteiger partial charge on any atom is 0.315 e. The maximum atomic E-state index is 12.6. The van der Waals surface area contributed by atoms with Gasteiger partial charge in [-0.2, -0.15) is 0 Å². The lowest BCUT2D eigenvalue weighted by Gasteiger charge is -2.26. The third-order valence-corrected chi connectivity index (χ3v) is 4.81. The molecule has 4 amide bonds. The van der Waals surface area contributed by atoms with E-state index in [1.54, 1.807) is 20.1 Å². The number of furan rings is 1. The summed E-state index contributed by atoms with van der Waals surface area (Å²) < 4.78 is 5.44. The fraction of sp³-hybridized carbons (Fsp3) is 0.400. The maximum absolute atomic E-state index is 12.6. The molecule has 2 unspecified atom stereocenters. The van der Waals surface area contributed by atoms with Crippen LogP contribution in [0.2, 0.25) is 0 Å². The number of benzene rings is 1. The first kappa shape index (κ1) is 20.4. The van der Waals surface area contributed by atoms with Gasteiger partial charge in [0, 0.05) is 24.0 Å². The molecule has 1 fully saturated rings. The van der Waals surface area contributed by atoms with Crippen molar-refractivity contribution in [3.8, 4) is 0 Å². The molecule has 0 aliphatic carbocycles. The molecule has 4 N–H and O–H groups in total. The molecule has 0 bridgehead atoms. The zero-order chi connectivity index (χ0) is 21.0. The van der Waals surface area contributed by atoms with Gasteiger partial charge in [-0.3, -0.25) is 14.4 Å². The van der Waals surface area contributed by atoms with Crippen molar-refractivity contribution < 1.29 is 23.6 Å². The highest BCUT2D eigenvalue weighted by Crippen LogP contribution is 2.20. The van der Waals surface area contributed by atoms with E-state index in [1.165, 1.54) is 0 Å². The van der Waals surface area contributed by atoms with Gasteiger partial charge in [0.1, 0.15) is 11.6 Å². The Morgan fingerprint density at radius 3 is 2.76 bits per heavy atom. The number of piperidine rings is 1. The van der Waals surface area contributed by atoms with Gasteiger partial charge in [-0.25, -0.2) is 4.79 Å². The van der Waals surface area contributed by atoms with Gasteiger partial charge in [0.05, 0.1) is 12.3 Å². The van der Waals surface area contributed by atoms with Crippen molar-refractivity contribution in [3.05, 3.63) is 36.1 Å². The molecule has 1 aromatic carbocycles. The number of para-hydroxylation sites is 1. The first-order valence-electron chi connectivity index (χ1n) is 9.48. The predicted molar refractivity (Wildman–Crippen MR) is 105 cm³/mol. The summed E-state index contributed by atoms with van der Waals surface area (Å²) in [5, 5.41) is 11.3. The number of fused-ring (bicyclic) bond motifs is 1. The zero-order valence-corrected chi connectivity index (χ0v) is 16.3. The van der Waals surface area contributed by atoms with Crippen molar-refractivity contribution in [1.29, 1.82) is 0 Å². The monoisotopic (exact) mass is 400 g/mol. The second-order valence-corrected chi connectivity index (χ2v) is 7.28. The number of rotatable bonds is 6. The van der Waals surface area contributed by atoms with Crippen molar-refractivity contribution >= 4 is 34.6 Å². The van der Waals surface area contributed by atoms with Crippen LogP contribution in [-0.2, 0) is 20.9 Å². The Labute approximate surface area is 167 Å². The molecule has 1 aromatic heterocycles. The minimum atomic E-state index is -0.875. The fourth-order valence-electron chi connectivity index (χ4n) is 3.18. The quantitative estimate of drug-likeness (QED) is 0.534. The number of hydrogen-bond acceptors (Lipinski definition) is 5. The summed E-state index contributed by atoms with van der Waals surface area (Å²) in [6.45, 7) is 4.11. The normalized spacial score (nSPS) is 17.7. The van der Waals surface area contributed by atoms with Gasteiger partial charge >= 0.3 is 6.03 Å². The molecule has 1 saturated heterocycles. The highest BCUT2D eigenvalue weighted by atomic mass is 16.3. The van der Waals surface area contributed by atoms with E-state index in [9.17, 15) is 19.2 Å². The van der Waals surface area contributed by atoms with Crippen LogP contribution < -0.4 is 21.3 Å². The minimum absolute atomic E-state index is 0.219. The molecule has 1 aliphatic rings. The molecule has 9 nitrogen and oxygen atoms in total. The standard InChI is InChI=1S/C20H24N4O5/c1-11(2)16(18(26)23-14-7-8-21-19(27)17(14)25)24-20(28)22-9-12-10-29-15-6-4-3-5-13(12)15/h3-6,10-11,14,16H,7-9H2,1-2H3,(H,21,27)(H,23,26)(H2,22,24,28). The van der Waals surface area contributed by atoms with Crippen LogP contribution in [0.4, 0.5) is 4.79 Å². The van der Waals surface area contributed by atoms with Crippen LogP contribution in [-0.4, -0.2) is 42.3 Å². The minimum Gasteiger partial charge on any atom is -0.464 e. The van der Waals surface area contributed by atoms with Gasteiger partial charge in [-0.1, -0.05) is 32.0 Å². The molecule has 29 heavy (non-hydrogen) atoms. The van der Waals surface area contributed by atoms with E-state index in [-0.39, 0.29) is 12.5 Å². The average Bonchev–Trinajstić information content (AvgIpc) is 3.11. The Morgan fingerprint density at radius 2 is 2.00 bits per heavy atom. The van der Waals surface area contributed by atoms with Crippen LogP contribution in [0.5, 0.6) is 0 Å². The van der Waals surface area contributed by atoms with E-state index in [2.05, 4.69) is 21.3 Å². The summed E-state index contributed by atoms with van der Waals surface area (Å²) in [4.78, 5) is 48.3. The lowest BCUT2D eigenvalue weighted by molar-refractivity contribution is -0.142. The Kier molecular flexibility index (Phi) is 6.16. The van der Waals surface area contributed by atoms with E-state index in [1.807, 2.05) is 24.3 Å². The third-order valence-electron chi connectivity index (χ3n) is 4.81. The Hall–Kier alpha value is -3.36. The molecule has 9 heteroatoms. The van der Waals surface area contributed by atoms with E-state index in [0.29, 0.717) is 13.0 Å². The van der Waals surface area contributed by atoms with Crippen LogP contribution in [0, 0.1) is 5.92 Å². The highest BCUT2D eigenvalue weighted by molar-refractivity contribution is 6.39. The molecule has 2 heterocycles. The molecular weight excluding hydrogens is 376 g/mol. The molecule has 0 saturated carbocycles. The number of hydrogen-bond donors (Lipinski definition) is 4. The lowest BCUT2D eigenvalue weighted by atomic mass is 10.0. The van der Waals surface area contributed by atoms with Crippen LogP contribution in [0.1, 0.15) is 25.8 Å². The van der Waals surface area contributed by atoms with Gasteiger partial charge in [0.2, 0.25) is 11.7 Å². The molecule has 0 radical (unpaired) electrons. The first-order valence-corrected chi connectivity index (χ1v) is 9.48. The molecule has 2 aromatic rings. The van der Waals surface area contributed by atoms with E-state index in [0.717, 1.165) is 16.5 Å². The number of ketones is 1. The first-order chi connectivity index (χ1) is 13.9. The smallest absolute Gasteiger partial charge is 0.315 e. The van der Waals surface area contributed by atoms with Gasteiger partial charge in [0.25, 0.3) is 5.91 Å². The largest absolute Gasteiger partial charge is 0.464 e. The molecule has 2 atom stereocenters. The van der Waals surface area contributed by atoms with Crippen LogP contribution in [0.3, 0.4) is 0 Å². The number of nitrogens with one attached hydrogen (secondary N) is 4. The molecule has 0 spiro atoms. The van der Waals surface area contributed by atoms with Gasteiger partial charge in [-0.05, 0) is 18.4 Å². The van der Waals surface area contributed by atoms with Crippen molar-refractivity contribution in [1.82, 2.24) is 21.3 Å². The number of carbonyl (C=O) groups is 4. The van der Waals surface area contributed by atoms with Crippen molar-refractivity contribution in [2.24, 2.45) is 5.92 Å². The topological polar surface area (TPSA) is 130 Å². The summed E-state index contributed by atoms with van der Waals surface area (Å²) in [7, 11) is 0. The molecule has 154 valence electrons. The Bertz CT molecular complexity index is 936. The van der Waals surface area contributed by atoms with E-state index in [4.69, 9.17) is 4.42 Å². The molecular formula is C20H24N4O5. The van der Waals surface area contributed by atoms with Crippen molar-refractivity contribution in [2.45, 2.75) is 38.9 Å². The van der Waals surface area contributed by atoms with Crippen molar-refractivity contribution in [2.75, 3.05) is 6.54 Å². The fourth-order valence-corrected chi connectivity index (χ4v) is 3.18. The summed E-state index contributed by atoms with van der Waals surface area (Å²) >= 11 is 0. The van der Waals surface area contributed by atoms with Crippen LogP contribution >= 0.6 is 0 Å². The Balaban J connectivity index is 1.57. The third kappa shape index (κ3) is 4.74.